The lowest BCUT2D eigenvalue weighted by molar-refractivity contribution is 1.41. The zero-order valence-corrected chi connectivity index (χ0v) is 4.57. The van der Waals surface area contributed by atoms with E-state index < -0.39 is 0 Å². The van der Waals surface area contributed by atoms with Gasteiger partial charge in [0.05, 0.1) is 0 Å². The second kappa shape index (κ2) is 5.13. The zero-order valence-electron chi connectivity index (χ0n) is 4.57. The molecule has 0 aliphatic carbocycles. The van der Waals surface area contributed by atoms with Gasteiger partial charge in [-0.1, -0.05) is 26.3 Å². The van der Waals surface area contributed by atoms with Crippen molar-refractivity contribution >= 4 is 14.6 Å². The number of rotatable bonds is 3. The van der Waals surface area contributed by atoms with E-state index in [1.807, 2.05) is 0 Å². The molecule has 0 heterocycles. The fourth-order valence-electron chi connectivity index (χ4n) is 0.333. The molecule has 0 unspecified atom stereocenters. The van der Waals surface area contributed by atoms with Crippen LogP contribution in [-0.2, 0) is 0 Å². The predicted molar refractivity (Wildman–Crippen MR) is 32.8 cm³/mol. The molecule has 0 nitrogen and oxygen atoms in total. The van der Waals surface area contributed by atoms with Gasteiger partial charge in [-0.3, -0.25) is 0 Å². The van der Waals surface area contributed by atoms with Crippen molar-refractivity contribution in [3.8, 4) is 0 Å². The lowest BCUT2D eigenvalue weighted by atomic mass is 9.65. The van der Waals surface area contributed by atoms with E-state index in [2.05, 4.69) is 28.2 Å². The Morgan fingerprint density at radius 1 is 1.00 bits per heavy atom. The van der Waals surface area contributed by atoms with Gasteiger partial charge in [0, 0.05) is 0 Å². The van der Waals surface area contributed by atoms with E-state index in [0.29, 0.717) is 0 Å². The molecular formula is C4H10B2. The van der Waals surface area contributed by atoms with Crippen LogP contribution in [0.1, 0.15) is 0 Å². The average Bonchev–Trinajstić information content (AvgIpc) is 1.61. The minimum atomic E-state index is 1.23. The van der Waals surface area contributed by atoms with Crippen LogP contribution in [0.5, 0.6) is 0 Å². The summed E-state index contributed by atoms with van der Waals surface area (Å²) in [4.78, 5) is 0. The first-order chi connectivity index (χ1) is 2.91. The van der Waals surface area contributed by atoms with Crippen LogP contribution in [0, 0.1) is 0 Å². The molecule has 0 spiro atoms. The highest BCUT2D eigenvalue weighted by Crippen LogP contribution is 1.84. The predicted octanol–water partition coefficient (Wildman–Crippen LogP) is 1.33. The van der Waals surface area contributed by atoms with Gasteiger partial charge in [0.2, 0.25) is 0 Å². The summed E-state index contributed by atoms with van der Waals surface area (Å²) in [7, 11) is 4.36. The van der Waals surface area contributed by atoms with Crippen molar-refractivity contribution in [3.63, 3.8) is 0 Å². The second-order valence-electron chi connectivity index (χ2n) is 1.39. The van der Waals surface area contributed by atoms with Crippen LogP contribution in [0.4, 0.5) is 0 Å². The van der Waals surface area contributed by atoms with Crippen LogP contribution in [0.3, 0.4) is 0 Å². The quantitative estimate of drug-likeness (QED) is 0.354. The maximum Gasteiger partial charge on any atom is 0.104 e. The Morgan fingerprint density at radius 3 is 1.50 bits per heavy atom. The molecule has 0 fully saturated rings. The van der Waals surface area contributed by atoms with Crippen molar-refractivity contribution in [2.75, 3.05) is 0 Å². The highest BCUT2D eigenvalue weighted by Gasteiger charge is 1.79. The minimum Gasteiger partial charge on any atom is -0.0920 e. The molecule has 32 valence electrons. The summed E-state index contributed by atoms with van der Waals surface area (Å²) in [6.07, 6.45) is 2.47. The molecule has 6 heavy (non-hydrogen) atoms. The fourth-order valence-corrected chi connectivity index (χ4v) is 0.333. The summed E-state index contributed by atoms with van der Waals surface area (Å²) in [5.41, 5.74) is 0. The molecule has 0 saturated heterocycles. The monoisotopic (exact) mass is 80.1 g/mol. The molecule has 0 N–H and O–H groups in total. The molecule has 2 heteroatoms. The number of hydrogen-bond acceptors (Lipinski definition) is 0. The highest BCUT2D eigenvalue weighted by molar-refractivity contribution is 6.40. The first-order valence-corrected chi connectivity index (χ1v) is 2.47. The SMILES string of the molecule is C[B]CC[B]C. The van der Waals surface area contributed by atoms with Gasteiger partial charge >= 0.3 is 0 Å². The van der Waals surface area contributed by atoms with E-state index in [0.717, 1.165) is 0 Å². The van der Waals surface area contributed by atoms with Gasteiger partial charge in [0.25, 0.3) is 0 Å². The highest BCUT2D eigenvalue weighted by atomic mass is 13.5. The van der Waals surface area contributed by atoms with Crippen molar-refractivity contribution in [3.05, 3.63) is 0 Å². The molecular weight excluding hydrogens is 69.7 g/mol. The zero-order chi connectivity index (χ0) is 4.83. The third kappa shape index (κ3) is 4.13. The standard InChI is InChI=1S/C4H10B2/c1-5-3-4-6-2/h3-4H2,1-2H3. The van der Waals surface area contributed by atoms with E-state index in [1.54, 1.807) is 0 Å². The average molecular weight is 79.7 g/mol. The molecule has 0 aromatic carbocycles. The van der Waals surface area contributed by atoms with Gasteiger partial charge in [-0.25, -0.2) is 0 Å². The molecule has 0 aromatic rings. The van der Waals surface area contributed by atoms with Gasteiger partial charge in [-0.05, 0) is 0 Å². The molecule has 0 saturated carbocycles. The van der Waals surface area contributed by atoms with Crippen LogP contribution >= 0.6 is 0 Å². The Balaban J connectivity index is 2.34. The first-order valence-electron chi connectivity index (χ1n) is 2.47. The van der Waals surface area contributed by atoms with Crippen molar-refractivity contribution in [2.24, 2.45) is 0 Å². The molecule has 0 amide bonds. The Hall–Kier alpha value is 0.130. The molecule has 0 atom stereocenters. The van der Waals surface area contributed by atoms with Gasteiger partial charge in [0.1, 0.15) is 14.6 Å². The largest absolute Gasteiger partial charge is 0.104 e. The van der Waals surface area contributed by atoms with Gasteiger partial charge in [-0.15, -0.1) is 0 Å². The lowest BCUT2D eigenvalue weighted by Crippen LogP contribution is -1.83. The Labute approximate surface area is 41.8 Å². The lowest BCUT2D eigenvalue weighted by Gasteiger charge is -1.83. The Bertz CT molecular complexity index is 17.5. The molecule has 0 aromatic heterocycles. The fraction of sp³-hybridized carbons (Fsp3) is 1.00. The van der Waals surface area contributed by atoms with Crippen molar-refractivity contribution in [1.29, 1.82) is 0 Å². The van der Waals surface area contributed by atoms with E-state index in [-0.39, 0.29) is 0 Å². The summed E-state index contributed by atoms with van der Waals surface area (Å²) in [5.74, 6) is 0. The Morgan fingerprint density at radius 2 is 1.33 bits per heavy atom. The number of hydrogen-bond donors (Lipinski definition) is 0. The van der Waals surface area contributed by atoms with Crippen molar-refractivity contribution in [2.45, 2.75) is 26.3 Å². The molecule has 0 rings (SSSR count). The topological polar surface area (TPSA) is 0 Å². The third-order valence-corrected chi connectivity index (χ3v) is 0.744. The third-order valence-electron chi connectivity index (χ3n) is 0.744. The van der Waals surface area contributed by atoms with Crippen LogP contribution < -0.4 is 0 Å². The smallest absolute Gasteiger partial charge is 0.0920 e. The second-order valence-corrected chi connectivity index (χ2v) is 1.39. The van der Waals surface area contributed by atoms with Crippen LogP contribution in [-0.4, -0.2) is 14.6 Å². The maximum atomic E-state index is 2.18. The summed E-state index contributed by atoms with van der Waals surface area (Å²) in [5, 5.41) is 0. The summed E-state index contributed by atoms with van der Waals surface area (Å²) in [6, 6.07) is 0. The van der Waals surface area contributed by atoms with Crippen molar-refractivity contribution < 1.29 is 0 Å². The van der Waals surface area contributed by atoms with E-state index in [4.69, 9.17) is 0 Å². The minimum absolute atomic E-state index is 1.23. The van der Waals surface area contributed by atoms with E-state index in [9.17, 15) is 0 Å². The van der Waals surface area contributed by atoms with Crippen molar-refractivity contribution in [1.82, 2.24) is 0 Å². The summed E-state index contributed by atoms with van der Waals surface area (Å²) in [6.45, 7) is 4.17. The van der Waals surface area contributed by atoms with E-state index >= 15 is 0 Å². The molecule has 0 bridgehead atoms. The van der Waals surface area contributed by atoms with Gasteiger partial charge in [0.15, 0.2) is 0 Å². The maximum absolute atomic E-state index is 2.18. The van der Waals surface area contributed by atoms with Crippen LogP contribution in [0.2, 0.25) is 26.3 Å². The normalized spacial score (nSPS) is 7.67. The molecule has 0 aliphatic heterocycles. The molecule has 2 radical (unpaired) electrons. The van der Waals surface area contributed by atoms with Gasteiger partial charge < -0.3 is 0 Å². The molecule has 0 aliphatic rings. The first kappa shape index (κ1) is 6.13. The van der Waals surface area contributed by atoms with Crippen LogP contribution in [0.25, 0.3) is 0 Å². The van der Waals surface area contributed by atoms with Gasteiger partial charge in [-0.2, -0.15) is 0 Å². The Kier molecular flexibility index (Phi) is 5.24. The van der Waals surface area contributed by atoms with Crippen LogP contribution in [0.15, 0.2) is 0 Å². The van der Waals surface area contributed by atoms with E-state index in [1.165, 1.54) is 12.6 Å². The summed E-state index contributed by atoms with van der Waals surface area (Å²) >= 11 is 0. The summed E-state index contributed by atoms with van der Waals surface area (Å²) < 4.78 is 0.